The van der Waals surface area contributed by atoms with Gasteiger partial charge in [0.2, 0.25) is 0 Å². The Morgan fingerprint density at radius 2 is 1.67 bits per heavy atom. The smallest absolute Gasteiger partial charge is 0.0634 e. The fourth-order valence-electron chi connectivity index (χ4n) is 0. The van der Waals surface area contributed by atoms with E-state index in [2.05, 4.69) is 15.9 Å². The number of rotatable bonds is 1. The first-order valence-corrected chi connectivity index (χ1v) is 2.88. The highest BCUT2D eigenvalue weighted by Gasteiger charge is 1.99. The van der Waals surface area contributed by atoms with Crippen molar-refractivity contribution >= 4 is 15.9 Å². The maximum absolute atomic E-state index is 8.58. The molecule has 0 unspecified atom stereocenters. The molecule has 0 spiro atoms. The van der Waals surface area contributed by atoms with E-state index < -0.39 is 0 Å². The lowest BCUT2D eigenvalue weighted by Crippen LogP contribution is -2.10. The van der Waals surface area contributed by atoms with Crippen LogP contribution in [0, 0.1) is 0 Å². The van der Waals surface area contributed by atoms with Gasteiger partial charge in [-0.2, -0.15) is 0 Å². The first kappa shape index (κ1) is 6.44. The Hall–Kier alpha value is 0.440. The second-order valence-electron chi connectivity index (χ2n) is 1.42. The Morgan fingerprint density at radius 1 is 1.50 bits per heavy atom. The van der Waals surface area contributed by atoms with E-state index in [4.69, 9.17) is 5.11 Å². The molecule has 0 aliphatic carbocycles. The first-order chi connectivity index (χ1) is 2.64. The molecule has 0 aromatic carbocycles. The standard InChI is InChI=1S/C4H9BrO/c1-3(5)4(2)6/h3-4,6H,1-2H3/t3-,4+/m1/s1. The molecule has 1 nitrogen and oxygen atoms in total. The lowest BCUT2D eigenvalue weighted by Gasteiger charge is -2.02. The topological polar surface area (TPSA) is 20.2 Å². The van der Waals surface area contributed by atoms with Crippen LogP contribution in [-0.4, -0.2) is 16.0 Å². The zero-order chi connectivity index (χ0) is 5.15. The third-order valence-corrected chi connectivity index (χ3v) is 1.43. The Morgan fingerprint density at radius 3 is 1.67 bits per heavy atom. The molecule has 2 heteroatoms. The monoisotopic (exact) mass is 152 g/mol. The van der Waals surface area contributed by atoms with Crippen LogP contribution < -0.4 is 0 Å². The van der Waals surface area contributed by atoms with Crippen molar-refractivity contribution in [3.05, 3.63) is 0 Å². The molecular formula is C4H9BrO. The van der Waals surface area contributed by atoms with Crippen molar-refractivity contribution in [3.8, 4) is 0 Å². The van der Waals surface area contributed by atoms with Crippen LogP contribution in [0.4, 0.5) is 0 Å². The average molecular weight is 153 g/mol. The van der Waals surface area contributed by atoms with Crippen molar-refractivity contribution < 1.29 is 5.11 Å². The maximum atomic E-state index is 8.58. The minimum atomic E-state index is -0.231. The summed E-state index contributed by atoms with van der Waals surface area (Å²) in [6, 6.07) is 0. The Bertz CT molecular complexity index is 28.5. The zero-order valence-corrected chi connectivity index (χ0v) is 5.57. The summed E-state index contributed by atoms with van der Waals surface area (Å²) in [4.78, 5) is 0.220. The van der Waals surface area contributed by atoms with Crippen LogP contribution in [0.25, 0.3) is 0 Å². The van der Waals surface area contributed by atoms with Gasteiger partial charge in [0.1, 0.15) is 0 Å². The van der Waals surface area contributed by atoms with E-state index in [1.165, 1.54) is 0 Å². The van der Waals surface area contributed by atoms with E-state index in [0.29, 0.717) is 0 Å². The predicted molar refractivity (Wildman–Crippen MR) is 30.1 cm³/mol. The van der Waals surface area contributed by atoms with Crippen LogP contribution in [0.15, 0.2) is 0 Å². The molecule has 6 heavy (non-hydrogen) atoms. The Labute approximate surface area is 46.5 Å². The Kier molecular flexibility index (Phi) is 2.78. The molecule has 38 valence electrons. The van der Waals surface area contributed by atoms with Crippen molar-refractivity contribution in [2.24, 2.45) is 0 Å². The Balaban J connectivity index is 2.99. The maximum Gasteiger partial charge on any atom is 0.0634 e. The molecule has 2 atom stereocenters. The highest BCUT2D eigenvalue weighted by molar-refractivity contribution is 9.09. The van der Waals surface area contributed by atoms with Crippen LogP contribution in [0.2, 0.25) is 0 Å². The van der Waals surface area contributed by atoms with Crippen LogP contribution in [0.3, 0.4) is 0 Å². The zero-order valence-electron chi connectivity index (χ0n) is 3.98. The largest absolute Gasteiger partial charge is 0.392 e. The molecule has 0 aromatic rings. The SMILES string of the molecule is C[C@H](O)[C@@H](C)Br. The molecule has 0 aliphatic rings. The molecule has 1 N–H and O–H groups in total. The highest BCUT2D eigenvalue weighted by Crippen LogP contribution is 2.01. The van der Waals surface area contributed by atoms with Gasteiger partial charge in [-0.1, -0.05) is 22.9 Å². The molecule has 0 saturated carbocycles. The first-order valence-electron chi connectivity index (χ1n) is 1.96. The van der Waals surface area contributed by atoms with E-state index in [1.54, 1.807) is 6.92 Å². The quantitative estimate of drug-likeness (QED) is 0.560. The van der Waals surface area contributed by atoms with E-state index in [0.717, 1.165) is 0 Å². The molecule has 0 rings (SSSR count). The van der Waals surface area contributed by atoms with Crippen molar-refractivity contribution in [2.45, 2.75) is 24.8 Å². The third-order valence-electron chi connectivity index (χ3n) is 0.665. The molecule has 0 heterocycles. The normalized spacial score (nSPS) is 20.0. The van der Waals surface area contributed by atoms with Crippen LogP contribution >= 0.6 is 15.9 Å². The number of hydrogen-bond donors (Lipinski definition) is 1. The molecule has 0 bridgehead atoms. The van der Waals surface area contributed by atoms with Gasteiger partial charge in [0.15, 0.2) is 0 Å². The van der Waals surface area contributed by atoms with Gasteiger partial charge in [0, 0.05) is 4.83 Å². The summed E-state index contributed by atoms with van der Waals surface area (Å²) in [6.07, 6.45) is -0.231. The van der Waals surface area contributed by atoms with E-state index >= 15 is 0 Å². The molecular weight excluding hydrogens is 144 g/mol. The van der Waals surface area contributed by atoms with Crippen molar-refractivity contribution in [2.75, 3.05) is 0 Å². The third kappa shape index (κ3) is 2.67. The molecule has 0 radical (unpaired) electrons. The van der Waals surface area contributed by atoms with E-state index in [1.807, 2.05) is 6.92 Å². The second-order valence-corrected chi connectivity index (χ2v) is 2.86. The minimum absolute atomic E-state index is 0.220. The molecule has 0 fully saturated rings. The van der Waals surface area contributed by atoms with Crippen molar-refractivity contribution in [3.63, 3.8) is 0 Å². The second kappa shape index (κ2) is 2.59. The van der Waals surface area contributed by atoms with Gasteiger partial charge >= 0.3 is 0 Å². The average Bonchev–Trinajstić information content (AvgIpc) is 1.36. The van der Waals surface area contributed by atoms with Gasteiger partial charge < -0.3 is 5.11 Å². The summed E-state index contributed by atoms with van der Waals surface area (Å²) in [6.45, 7) is 3.66. The van der Waals surface area contributed by atoms with Gasteiger partial charge in [-0.05, 0) is 6.92 Å². The van der Waals surface area contributed by atoms with Crippen LogP contribution in [0.1, 0.15) is 13.8 Å². The molecule has 0 saturated heterocycles. The molecule has 0 amide bonds. The number of aliphatic hydroxyl groups excluding tert-OH is 1. The summed E-state index contributed by atoms with van der Waals surface area (Å²) in [7, 11) is 0. The number of halogens is 1. The summed E-state index contributed by atoms with van der Waals surface area (Å²) in [5.74, 6) is 0. The fourth-order valence-corrected chi connectivity index (χ4v) is 0. The number of hydrogen-bond acceptors (Lipinski definition) is 1. The predicted octanol–water partition coefficient (Wildman–Crippen LogP) is 1.15. The highest BCUT2D eigenvalue weighted by atomic mass is 79.9. The van der Waals surface area contributed by atoms with Gasteiger partial charge in [-0.3, -0.25) is 0 Å². The van der Waals surface area contributed by atoms with Gasteiger partial charge in [0.25, 0.3) is 0 Å². The van der Waals surface area contributed by atoms with Crippen molar-refractivity contribution in [1.82, 2.24) is 0 Å². The van der Waals surface area contributed by atoms with Gasteiger partial charge in [0.05, 0.1) is 6.10 Å². The number of aliphatic hydroxyl groups is 1. The van der Waals surface area contributed by atoms with Crippen LogP contribution in [0.5, 0.6) is 0 Å². The minimum Gasteiger partial charge on any atom is -0.392 e. The summed E-state index contributed by atoms with van der Waals surface area (Å²) < 4.78 is 0. The molecule has 0 aromatic heterocycles. The summed E-state index contributed by atoms with van der Waals surface area (Å²) in [5, 5.41) is 8.58. The van der Waals surface area contributed by atoms with E-state index in [-0.39, 0.29) is 10.9 Å². The fraction of sp³-hybridized carbons (Fsp3) is 1.00. The molecule has 0 aliphatic heterocycles. The lowest BCUT2D eigenvalue weighted by molar-refractivity contribution is 0.198. The summed E-state index contributed by atoms with van der Waals surface area (Å²) >= 11 is 3.19. The van der Waals surface area contributed by atoms with E-state index in [9.17, 15) is 0 Å². The summed E-state index contributed by atoms with van der Waals surface area (Å²) in [5.41, 5.74) is 0. The van der Waals surface area contributed by atoms with Crippen LogP contribution in [-0.2, 0) is 0 Å². The number of alkyl halides is 1. The van der Waals surface area contributed by atoms with Gasteiger partial charge in [-0.25, -0.2) is 0 Å². The lowest BCUT2D eigenvalue weighted by atomic mass is 10.3. The van der Waals surface area contributed by atoms with Gasteiger partial charge in [-0.15, -0.1) is 0 Å². The van der Waals surface area contributed by atoms with Crippen molar-refractivity contribution in [1.29, 1.82) is 0 Å².